The molecule has 6 heteroatoms. The van der Waals surface area contributed by atoms with E-state index < -0.39 is 17.4 Å². The normalized spacial score (nSPS) is 13.4. The summed E-state index contributed by atoms with van der Waals surface area (Å²) in [4.78, 5) is 33.3. The number of aldehydes is 1. The first-order valence-corrected chi connectivity index (χ1v) is 5.52. The Morgan fingerprint density at radius 2 is 2.17 bits per heavy atom. The molecular formula is C12H12ClNO4. The first-order valence-electron chi connectivity index (χ1n) is 5.14. The van der Waals surface area contributed by atoms with Crippen LogP contribution in [0.25, 0.3) is 0 Å². The average molecular weight is 270 g/mol. The van der Waals surface area contributed by atoms with Crippen LogP contribution in [-0.2, 0) is 9.59 Å². The number of rotatable bonds is 5. The van der Waals surface area contributed by atoms with E-state index in [1.807, 2.05) is 0 Å². The van der Waals surface area contributed by atoms with Crippen LogP contribution >= 0.6 is 11.6 Å². The van der Waals surface area contributed by atoms with Crippen molar-refractivity contribution in [1.29, 1.82) is 0 Å². The molecule has 2 N–H and O–H groups in total. The van der Waals surface area contributed by atoms with Gasteiger partial charge in [-0.2, -0.15) is 0 Å². The summed E-state index contributed by atoms with van der Waals surface area (Å²) in [6, 6.07) is 6.10. The molecule has 96 valence electrons. The first-order chi connectivity index (χ1) is 8.39. The molecule has 0 aliphatic rings. The molecule has 1 aromatic carbocycles. The van der Waals surface area contributed by atoms with Crippen molar-refractivity contribution in [1.82, 2.24) is 5.32 Å². The summed E-state index contributed by atoms with van der Waals surface area (Å²) in [5.74, 6) is -1.87. The van der Waals surface area contributed by atoms with E-state index in [1.54, 1.807) is 12.1 Å². The molecule has 1 atom stereocenters. The number of halogens is 1. The van der Waals surface area contributed by atoms with Gasteiger partial charge in [-0.3, -0.25) is 4.79 Å². The molecule has 0 fully saturated rings. The Balaban J connectivity index is 2.92. The second-order valence-electron chi connectivity index (χ2n) is 3.97. The van der Waals surface area contributed by atoms with Gasteiger partial charge in [0.05, 0.1) is 0 Å². The highest BCUT2D eigenvalue weighted by Gasteiger charge is 2.34. The Morgan fingerprint density at radius 3 is 2.67 bits per heavy atom. The predicted molar refractivity (Wildman–Crippen MR) is 65.6 cm³/mol. The second-order valence-corrected chi connectivity index (χ2v) is 4.41. The fourth-order valence-corrected chi connectivity index (χ4v) is 1.50. The molecule has 1 rings (SSSR count). The fourth-order valence-electron chi connectivity index (χ4n) is 1.31. The molecule has 1 unspecified atom stereocenters. The third kappa shape index (κ3) is 3.30. The van der Waals surface area contributed by atoms with E-state index in [-0.39, 0.29) is 12.0 Å². The summed E-state index contributed by atoms with van der Waals surface area (Å²) in [6.07, 6.45) is 0.140. The summed E-state index contributed by atoms with van der Waals surface area (Å²) in [5.41, 5.74) is -1.39. The smallest absolute Gasteiger partial charge is 0.329 e. The van der Waals surface area contributed by atoms with Gasteiger partial charge in [-0.1, -0.05) is 17.7 Å². The van der Waals surface area contributed by atoms with Gasteiger partial charge in [0.25, 0.3) is 5.91 Å². The fraction of sp³-hybridized carbons (Fsp3) is 0.250. The number of hydrogen-bond acceptors (Lipinski definition) is 3. The van der Waals surface area contributed by atoms with Crippen LogP contribution in [0.5, 0.6) is 0 Å². The molecule has 5 nitrogen and oxygen atoms in total. The molecule has 0 saturated heterocycles. The minimum atomic E-state index is -1.62. The molecule has 0 saturated carbocycles. The van der Waals surface area contributed by atoms with E-state index in [0.29, 0.717) is 11.3 Å². The molecule has 0 spiro atoms. The van der Waals surface area contributed by atoms with E-state index in [4.69, 9.17) is 16.7 Å². The summed E-state index contributed by atoms with van der Waals surface area (Å²) >= 11 is 5.73. The highest BCUT2D eigenvalue weighted by Crippen LogP contribution is 2.13. The quantitative estimate of drug-likeness (QED) is 0.794. The van der Waals surface area contributed by atoms with Gasteiger partial charge in [-0.15, -0.1) is 0 Å². The van der Waals surface area contributed by atoms with Gasteiger partial charge in [0.1, 0.15) is 11.8 Å². The second kappa shape index (κ2) is 5.64. The minimum absolute atomic E-state index is 0.237. The van der Waals surface area contributed by atoms with Crippen LogP contribution in [0.15, 0.2) is 24.3 Å². The van der Waals surface area contributed by atoms with Crippen molar-refractivity contribution < 1.29 is 19.5 Å². The van der Waals surface area contributed by atoms with Crippen LogP contribution in [0, 0.1) is 0 Å². The topological polar surface area (TPSA) is 83.5 Å². The Bertz CT molecular complexity index is 489. The van der Waals surface area contributed by atoms with E-state index in [0.717, 1.165) is 0 Å². The van der Waals surface area contributed by atoms with Crippen LogP contribution < -0.4 is 5.32 Å². The molecule has 0 aromatic heterocycles. The SMILES string of the molecule is CC(CC=O)(NC(=O)c1cccc(Cl)c1)C(=O)O. The molecule has 18 heavy (non-hydrogen) atoms. The van der Waals surface area contributed by atoms with E-state index >= 15 is 0 Å². The Morgan fingerprint density at radius 1 is 1.50 bits per heavy atom. The van der Waals surface area contributed by atoms with Gasteiger partial charge >= 0.3 is 5.97 Å². The van der Waals surface area contributed by atoms with Gasteiger partial charge in [-0.05, 0) is 25.1 Å². The number of benzene rings is 1. The molecule has 0 bridgehead atoms. The van der Waals surface area contributed by atoms with Crippen LogP contribution in [0.1, 0.15) is 23.7 Å². The third-order valence-corrected chi connectivity index (χ3v) is 2.67. The molecule has 1 amide bonds. The number of hydrogen-bond donors (Lipinski definition) is 2. The zero-order chi connectivity index (χ0) is 13.8. The number of carboxylic acid groups (broad SMARTS) is 1. The summed E-state index contributed by atoms with van der Waals surface area (Å²) < 4.78 is 0. The molecule has 0 aliphatic heterocycles. The predicted octanol–water partition coefficient (Wildman–Crippen LogP) is 1.50. The lowest BCUT2D eigenvalue weighted by Crippen LogP contribution is -2.52. The van der Waals surface area contributed by atoms with Crippen molar-refractivity contribution in [3.8, 4) is 0 Å². The highest BCUT2D eigenvalue weighted by atomic mass is 35.5. The lowest BCUT2D eigenvalue weighted by Gasteiger charge is -2.23. The standard InChI is InChI=1S/C12H12ClNO4/c1-12(5-6-15,11(17)18)14-10(16)8-3-2-4-9(13)7-8/h2-4,6-7H,5H2,1H3,(H,14,16)(H,17,18). The molecular weight excluding hydrogens is 258 g/mol. The molecule has 1 aromatic rings. The van der Waals surface area contributed by atoms with E-state index in [9.17, 15) is 14.4 Å². The Hall–Kier alpha value is -1.88. The summed E-state index contributed by atoms with van der Waals surface area (Å²) in [7, 11) is 0. The van der Waals surface area contributed by atoms with Crippen molar-refractivity contribution in [2.75, 3.05) is 0 Å². The zero-order valence-corrected chi connectivity index (χ0v) is 10.4. The molecule has 0 radical (unpaired) electrons. The van der Waals surface area contributed by atoms with Crippen molar-refractivity contribution in [2.24, 2.45) is 0 Å². The highest BCUT2D eigenvalue weighted by molar-refractivity contribution is 6.31. The monoisotopic (exact) mass is 269 g/mol. The summed E-state index contributed by atoms with van der Waals surface area (Å²) in [6.45, 7) is 1.27. The van der Waals surface area contributed by atoms with E-state index in [2.05, 4.69) is 5.32 Å². The van der Waals surface area contributed by atoms with Crippen LogP contribution in [0.2, 0.25) is 5.02 Å². The number of amides is 1. The Labute approximate surface area is 109 Å². The van der Waals surface area contributed by atoms with Gasteiger partial charge in [0, 0.05) is 17.0 Å². The summed E-state index contributed by atoms with van der Waals surface area (Å²) in [5, 5.41) is 11.7. The minimum Gasteiger partial charge on any atom is -0.480 e. The maximum atomic E-state index is 11.8. The zero-order valence-electron chi connectivity index (χ0n) is 9.64. The maximum absolute atomic E-state index is 11.8. The molecule has 0 heterocycles. The number of carboxylic acids is 1. The van der Waals surface area contributed by atoms with Crippen LogP contribution in [-0.4, -0.2) is 28.8 Å². The van der Waals surface area contributed by atoms with Crippen LogP contribution in [0.3, 0.4) is 0 Å². The van der Waals surface area contributed by atoms with Crippen molar-refractivity contribution in [3.05, 3.63) is 34.9 Å². The van der Waals surface area contributed by atoms with Gasteiger partial charge in [0.15, 0.2) is 0 Å². The lowest BCUT2D eigenvalue weighted by molar-refractivity contribution is -0.144. The number of carbonyl (C=O) groups is 3. The number of carbonyl (C=O) groups excluding carboxylic acids is 2. The largest absolute Gasteiger partial charge is 0.480 e. The average Bonchev–Trinajstić information content (AvgIpc) is 2.29. The van der Waals surface area contributed by atoms with Crippen molar-refractivity contribution in [2.45, 2.75) is 18.9 Å². The number of aliphatic carboxylic acids is 1. The third-order valence-electron chi connectivity index (χ3n) is 2.44. The van der Waals surface area contributed by atoms with Crippen LogP contribution in [0.4, 0.5) is 0 Å². The van der Waals surface area contributed by atoms with Gasteiger partial charge in [-0.25, -0.2) is 4.79 Å². The van der Waals surface area contributed by atoms with Crippen molar-refractivity contribution >= 4 is 29.8 Å². The Kier molecular flexibility index (Phi) is 4.44. The van der Waals surface area contributed by atoms with E-state index in [1.165, 1.54) is 19.1 Å². The van der Waals surface area contributed by atoms with Crippen molar-refractivity contribution in [3.63, 3.8) is 0 Å². The number of nitrogens with one attached hydrogen (secondary N) is 1. The van der Waals surface area contributed by atoms with Gasteiger partial charge < -0.3 is 15.2 Å². The first kappa shape index (κ1) is 14.2. The lowest BCUT2D eigenvalue weighted by atomic mass is 9.98. The maximum Gasteiger partial charge on any atom is 0.329 e. The molecule has 0 aliphatic carbocycles. The van der Waals surface area contributed by atoms with Gasteiger partial charge in [0.2, 0.25) is 0 Å².